The van der Waals surface area contributed by atoms with Gasteiger partial charge >= 0.3 is 0 Å². The number of amides is 1. The molecule has 16 heavy (non-hydrogen) atoms. The van der Waals surface area contributed by atoms with E-state index in [1.165, 1.54) is 17.8 Å². The Morgan fingerprint density at radius 2 is 2.50 bits per heavy atom. The van der Waals surface area contributed by atoms with Gasteiger partial charge in [0.05, 0.1) is 9.34 Å². The molecule has 2 heterocycles. The molecule has 0 spiro atoms. The van der Waals surface area contributed by atoms with Crippen molar-refractivity contribution in [3.05, 3.63) is 16.5 Å². The molecule has 1 amide bonds. The predicted octanol–water partition coefficient (Wildman–Crippen LogP) is 2.51. The fourth-order valence-corrected chi connectivity index (χ4v) is 2.90. The first-order valence-electron chi connectivity index (χ1n) is 5.42. The van der Waals surface area contributed by atoms with E-state index in [9.17, 15) is 4.79 Å². The molecule has 1 aliphatic heterocycles. The van der Waals surface area contributed by atoms with Crippen LogP contribution in [0.25, 0.3) is 0 Å². The third kappa shape index (κ3) is 2.75. The van der Waals surface area contributed by atoms with Crippen molar-refractivity contribution >= 4 is 33.8 Å². The van der Waals surface area contributed by atoms with E-state index in [-0.39, 0.29) is 5.91 Å². The summed E-state index contributed by atoms with van der Waals surface area (Å²) in [6.07, 6.45) is 2.85. The van der Waals surface area contributed by atoms with Gasteiger partial charge in [-0.2, -0.15) is 0 Å². The summed E-state index contributed by atoms with van der Waals surface area (Å²) in [5.74, 6) is 0.151. The smallest absolute Gasteiger partial charge is 0.228 e. The van der Waals surface area contributed by atoms with Crippen LogP contribution in [-0.2, 0) is 4.79 Å². The Hall–Kier alpha value is -0.580. The van der Waals surface area contributed by atoms with Gasteiger partial charge in [0.2, 0.25) is 5.91 Å². The zero-order chi connectivity index (χ0) is 11.5. The molecule has 1 saturated heterocycles. The fraction of sp³-hybridized carbons (Fsp3) is 0.545. The second-order valence-corrected chi connectivity index (χ2v) is 5.72. The van der Waals surface area contributed by atoms with Crippen LogP contribution >= 0.6 is 22.9 Å². The second kappa shape index (κ2) is 5.17. The lowest BCUT2D eigenvalue weighted by atomic mass is 10.1. The molecular formula is C11H15ClN2OS. The fourth-order valence-electron chi connectivity index (χ4n) is 1.89. The molecule has 1 N–H and O–H groups in total. The monoisotopic (exact) mass is 258 g/mol. The first-order chi connectivity index (χ1) is 7.66. The Labute approximate surface area is 104 Å². The van der Waals surface area contributed by atoms with Crippen molar-refractivity contribution in [2.24, 2.45) is 0 Å². The first kappa shape index (κ1) is 11.9. The van der Waals surface area contributed by atoms with E-state index in [2.05, 4.69) is 5.32 Å². The van der Waals surface area contributed by atoms with Crippen molar-refractivity contribution in [1.29, 1.82) is 0 Å². The molecule has 3 nitrogen and oxygen atoms in total. The van der Waals surface area contributed by atoms with Crippen LogP contribution in [0.5, 0.6) is 0 Å². The van der Waals surface area contributed by atoms with Crippen molar-refractivity contribution in [3.63, 3.8) is 0 Å². The lowest BCUT2D eigenvalue weighted by molar-refractivity contribution is -0.118. The maximum absolute atomic E-state index is 12.0. The van der Waals surface area contributed by atoms with Gasteiger partial charge in [0.15, 0.2) is 0 Å². The van der Waals surface area contributed by atoms with E-state index in [0.717, 1.165) is 18.0 Å². The van der Waals surface area contributed by atoms with E-state index in [0.29, 0.717) is 16.8 Å². The molecule has 1 atom stereocenters. The number of nitrogens with one attached hydrogen (secondary N) is 1. The molecule has 1 aliphatic rings. The Kier molecular flexibility index (Phi) is 3.84. The maximum Gasteiger partial charge on any atom is 0.228 e. The van der Waals surface area contributed by atoms with Crippen molar-refractivity contribution < 1.29 is 4.79 Å². The molecule has 0 saturated carbocycles. The average Bonchev–Trinajstić information content (AvgIpc) is 2.88. The lowest BCUT2D eigenvalue weighted by Gasteiger charge is -2.17. The standard InChI is InChI=1S/C11H15ClN2OS/c1-14(11-5-4-9(12)16-11)10(15)7-8-3-2-6-13-8/h4-5,8,13H,2-3,6-7H2,1H3. The van der Waals surface area contributed by atoms with Crippen LogP contribution < -0.4 is 10.2 Å². The van der Waals surface area contributed by atoms with Gasteiger partial charge in [-0.05, 0) is 31.5 Å². The molecule has 0 bridgehead atoms. The number of anilines is 1. The molecule has 88 valence electrons. The maximum atomic E-state index is 12.0. The summed E-state index contributed by atoms with van der Waals surface area (Å²) < 4.78 is 0.716. The Balaban J connectivity index is 1.93. The number of rotatable bonds is 3. The summed E-state index contributed by atoms with van der Waals surface area (Å²) in [7, 11) is 1.81. The highest BCUT2D eigenvalue weighted by Gasteiger charge is 2.21. The normalized spacial score (nSPS) is 20.0. The summed E-state index contributed by atoms with van der Waals surface area (Å²) in [6.45, 7) is 1.03. The quantitative estimate of drug-likeness (QED) is 0.904. The van der Waals surface area contributed by atoms with Crippen LogP contribution in [0.15, 0.2) is 12.1 Å². The van der Waals surface area contributed by atoms with Crippen LogP contribution in [0.2, 0.25) is 4.34 Å². The molecule has 1 fully saturated rings. The molecule has 1 aromatic heterocycles. The molecular weight excluding hydrogens is 244 g/mol. The number of carbonyl (C=O) groups is 1. The van der Waals surface area contributed by atoms with Crippen molar-refractivity contribution in [3.8, 4) is 0 Å². The van der Waals surface area contributed by atoms with Crippen LogP contribution in [-0.4, -0.2) is 25.5 Å². The first-order valence-corrected chi connectivity index (χ1v) is 6.61. The zero-order valence-electron chi connectivity index (χ0n) is 9.20. The predicted molar refractivity (Wildman–Crippen MR) is 68.4 cm³/mol. The number of hydrogen-bond acceptors (Lipinski definition) is 3. The van der Waals surface area contributed by atoms with E-state index < -0.39 is 0 Å². The van der Waals surface area contributed by atoms with Crippen LogP contribution in [0, 0.1) is 0 Å². The van der Waals surface area contributed by atoms with Gasteiger partial charge in [-0.25, -0.2) is 0 Å². The van der Waals surface area contributed by atoms with Crippen molar-refractivity contribution in [1.82, 2.24) is 5.32 Å². The molecule has 0 aliphatic carbocycles. The van der Waals surface area contributed by atoms with Crippen molar-refractivity contribution in [2.75, 3.05) is 18.5 Å². The number of carbonyl (C=O) groups excluding carboxylic acids is 1. The number of halogens is 1. The molecule has 5 heteroatoms. The summed E-state index contributed by atoms with van der Waals surface area (Å²) >= 11 is 7.28. The molecule has 0 radical (unpaired) electrons. The summed E-state index contributed by atoms with van der Waals surface area (Å²) in [5.41, 5.74) is 0. The number of nitrogens with zero attached hydrogens (tertiary/aromatic N) is 1. The van der Waals surface area contributed by atoms with Gasteiger partial charge in [-0.3, -0.25) is 4.79 Å². The minimum Gasteiger partial charge on any atom is -0.313 e. The average molecular weight is 259 g/mol. The van der Waals surface area contributed by atoms with E-state index in [4.69, 9.17) is 11.6 Å². The van der Waals surface area contributed by atoms with Crippen molar-refractivity contribution in [2.45, 2.75) is 25.3 Å². The van der Waals surface area contributed by atoms with E-state index in [1.807, 2.05) is 12.1 Å². The van der Waals surface area contributed by atoms with Crippen LogP contribution in [0.3, 0.4) is 0 Å². The Morgan fingerprint density at radius 3 is 3.06 bits per heavy atom. The van der Waals surface area contributed by atoms with E-state index in [1.54, 1.807) is 11.9 Å². The topological polar surface area (TPSA) is 32.3 Å². The van der Waals surface area contributed by atoms with E-state index >= 15 is 0 Å². The summed E-state index contributed by atoms with van der Waals surface area (Å²) in [4.78, 5) is 13.6. The highest BCUT2D eigenvalue weighted by Crippen LogP contribution is 2.29. The van der Waals surface area contributed by atoms with Gasteiger partial charge < -0.3 is 10.2 Å². The molecule has 0 aromatic carbocycles. The second-order valence-electron chi connectivity index (χ2n) is 4.03. The minimum absolute atomic E-state index is 0.151. The highest BCUT2D eigenvalue weighted by molar-refractivity contribution is 7.20. The third-order valence-corrected chi connectivity index (χ3v) is 4.15. The number of thiophene rings is 1. The SMILES string of the molecule is CN(C(=O)CC1CCCN1)c1ccc(Cl)s1. The van der Waals surface area contributed by atoms with Gasteiger partial charge in [-0.15, -0.1) is 11.3 Å². The number of hydrogen-bond donors (Lipinski definition) is 1. The zero-order valence-corrected chi connectivity index (χ0v) is 10.8. The Morgan fingerprint density at radius 1 is 1.69 bits per heavy atom. The molecule has 1 aromatic rings. The third-order valence-electron chi connectivity index (χ3n) is 2.85. The Bertz CT molecular complexity index is 374. The van der Waals surface area contributed by atoms with Gasteiger partial charge in [0, 0.05) is 19.5 Å². The van der Waals surface area contributed by atoms with Crippen LogP contribution in [0.1, 0.15) is 19.3 Å². The largest absolute Gasteiger partial charge is 0.313 e. The summed E-state index contributed by atoms with van der Waals surface area (Å²) in [6, 6.07) is 4.05. The van der Waals surface area contributed by atoms with Crippen LogP contribution in [0.4, 0.5) is 5.00 Å². The van der Waals surface area contributed by atoms with Gasteiger partial charge in [-0.1, -0.05) is 11.6 Å². The lowest BCUT2D eigenvalue weighted by Crippen LogP contribution is -2.32. The molecule has 2 rings (SSSR count). The summed E-state index contributed by atoms with van der Waals surface area (Å²) in [5, 5.41) is 4.24. The van der Waals surface area contributed by atoms with Gasteiger partial charge in [0.25, 0.3) is 0 Å². The highest BCUT2D eigenvalue weighted by atomic mass is 35.5. The van der Waals surface area contributed by atoms with Gasteiger partial charge in [0.1, 0.15) is 0 Å². The minimum atomic E-state index is 0.151. The molecule has 1 unspecified atom stereocenters.